The van der Waals surface area contributed by atoms with E-state index in [1.54, 1.807) is 18.3 Å². The number of rotatable bonds is 7. The molecule has 2 fully saturated rings. The Balaban J connectivity index is 0.000000153. The Morgan fingerprint density at radius 2 is 1.13 bits per heavy atom. The van der Waals surface area contributed by atoms with Gasteiger partial charge in [-0.25, -0.2) is 0 Å². The first kappa shape index (κ1) is 40.0. The number of morpholine rings is 2. The first-order valence-electron chi connectivity index (χ1n) is 21.5. The first-order valence-corrected chi connectivity index (χ1v) is 21.5. The number of para-hydroxylation sites is 2. The summed E-state index contributed by atoms with van der Waals surface area (Å²) in [4.78, 5) is 39.5. The van der Waals surface area contributed by atoms with E-state index in [-0.39, 0.29) is 11.1 Å². The van der Waals surface area contributed by atoms with Crippen molar-refractivity contribution in [1.82, 2.24) is 15.0 Å². The van der Waals surface area contributed by atoms with Gasteiger partial charge >= 0.3 is 0 Å². The second-order valence-electron chi connectivity index (χ2n) is 16.2. The van der Waals surface area contributed by atoms with E-state index in [2.05, 4.69) is 49.0 Å². The van der Waals surface area contributed by atoms with Gasteiger partial charge in [-0.1, -0.05) is 48.5 Å². The number of hydrogen-bond acceptors (Lipinski definition) is 10. The Hall–Kier alpha value is -7.15. The summed E-state index contributed by atoms with van der Waals surface area (Å²) in [6, 6.07) is 35.6. The smallest absolute Gasteiger partial charge is 0.250 e. The topological polar surface area (TPSA) is 148 Å². The van der Waals surface area contributed by atoms with Gasteiger partial charge in [0.25, 0.3) is 0 Å². The second-order valence-corrected chi connectivity index (χ2v) is 16.2. The molecule has 0 unspecified atom stereocenters. The van der Waals surface area contributed by atoms with Crippen LogP contribution in [0.15, 0.2) is 131 Å². The number of fused-ring (bicyclic) bond motifs is 4. The highest BCUT2D eigenvalue weighted by atomic mass is 16.5. The van der Waals surface area contributed by atoms with Gasteiger partial charge in [-0.2, -0.15) is 0 Å². The van der Waals surface area contributed by atoms with Gasteiger partial charge in [-0.05, 0) is 72.5 Å². The monoisotopic (exact) mass is 840 g/mol. The van der Waals surface area contributed by atoms with Crippen LogP contribution in [0.25, 0.3) is 22.5 Å². The van der Waals surface area contributed by atoms with Crippen molar-refractivity contribution >= 4 is 17.1 Å². The first-order chi connectivity index (χ1) is 30.9. The standard InChI is InChI=1S/C29H27N3O3.C22H21N3O3/c33-28-18-23(32-12-14-34-15-13-32)17-26(31-28)24-7-1-6-22-16-25-21(5-2-8-27(25)35-29(22)24)10-9-20-4-3-11-30-19-20;23-18-5-2-6-20-17(18)11-14-3-1-4-16(22(14)28-20)19-12-15(13-21(26)24-19)25-7-9-27-10-8-25/h1-8,11,17-19H,9-10,12-16H2,(H,31,33);1-6,12-13H,7-11,23H2,(H,24,26). The van der Waals surface area contributed by atoms with Crippen LogP contribution in [0.2, 0.25) is 0 Å². The minimum atomic E-state index is -0.128. The Labute approximate surface area is 364 Å². The van der Waals surface area contributed by atoms with Crippen molar-refractivity contribution in [1.29, 1.82) is 0 Å². The second kappa shape index (κ2) is 17.7. The van der Waals surface area contributed by atoms with E-state index in [9.17, 15) is 9.59 Å². The van der Waals surface area contributed by atoms with Crippen LogP contribution in [-0.4, -0.2) is 67.6 Å². The molecule has 0 bridgehead atoms. The fraction of sp³-hybridized carbons (Fsp3) is 0.235. The number of H-pyrrole nitrogens is 2. The number of ether oxygens (including phenoxy) is 4. The summed E-state index contributed by atoms with van der Waals surface area (Å²) < 4.78 is 23.6. The summed E-state index contributed by atoms with van der Waals surface area (Å²) in [6.45, 7) is 5.80. The maximum absolute atomic E-state index is 12.6. The highest BCUT2D eigenvalue weighted by molar-refractivity contribution is 5.76. The van der Waals surface area contributed by atoms with E-state index in [0.29, 0.717) is 32.8 Å². The van der Waals surface area contributed by atoms with Crippen LogP contribution in [-0.2, 0) is 35.2 Å². The molecule has 0 atom stereocenters. The molecular weight excluding hydrogens is 793 g/mol. The molecule has 4 aromatic carbocycles. The molecule has 11 rings (SSSR count). The molecule has 12 heteroatoms. The number of pyridine rings is 3. The van der Waals surface area contributed by atoms with E-state index >= 15 is 0 Å². The Morgan fingerprint density at radius 3 is 1.70 bits per heavy atom. The molecule has 0 radical (unpaired) electrons. The fourth-order valence-electron chi connectivity index (χ4n) is 8.90. The lowest BCUT2D eigenvalue weighted by Gasteiger charge is -2.29. The quantitative estimate of drug-likeness (QED) is 0.135. The molecule has 0 spiro atoms. The minimum Gasteiger partial charge on any atom is -0.456 e. The van der Waals surface area contributed by atoms with Crippen LogP contribution in [0.1, 0.15) is 33.4 Å². The van der Waals surface area contributed by atoms with E-state index in [4.69, 9.17) is 24.7 Å². The molecule has 63 heavy (non-hydrogen) atoms. The fourth-order valence-corrected chi connectivity index (χ4v) is 8.90. The number of anilines is 3. The van der Waals surface area contributed by atoms with Crippen molar-refractivity contribution in [3.05, 3.63) is 176 Å². The normalized spacial score (nSPS) is 15.0. The molecule has 7 heterocycles. The van der Waals surface area contributed by atoms with Crippen LogP contribution in [0.3, 0.4) is 0 Å². The molecule has 7 aromatic rings. The zero-order valence-corrected chi connectivity index (χ0v) is 34.9. The summed E-state index contributed by atoms with van der Waals surface area (Å²) >= 11 is 0. The number of aromatic nitrogens is 3. The van der Waals surface area contributed by atoms with Gasteiger partial charge in [-0.15, -0.1) is 0 Å². The molecule has 0 saturated carbocycles. The van der Waals surface area contributed by atoms with E-state index < -0.39 is 0 Å². The zero-order valence-electron chi connectivity index (χ0n) is 34.9. The van der Waals surface area contributed by atoms with Crippen molar-refractivity contribution in [2.75, 3.05) is 68.1 Å². The zero-order chi connectivity index (χ0) is 42.7. The highest BCUT2D eigenvalue weighted by Crippen LogP contribution is 2.45. The SMILES string of the molecule is Nc1cccc2c1Cc1cccc(-c3cc(N4CCOCC4)cc(=O)[nH]3)c1O2.O=c1cc(N2CCOCC2)cc(-c2cccc3c2Oc2cccc(CCc4cccnc4)c2C3)[nH]1. The molecule has 0 aliphatic carbocycles. The van der Waals surface area contributed by atoms with Crippen molar-refractivity contribution < 1.29 is 18.9 Å². The highest BCUT2D eigenvalue weighted by Gasteiger charge is 2.25. The summed E-state index contributed by atoms with van der Waals surface area (Å²) in [5, 5.41) is 0. The third-order valence-electron chi connectivity index (χ3n) is 12.1. The van der Waals surface area contributed by atoms with Crippen molar-refractivity contribution in [2.24, 2.45) is 0 Å². The van der Waals surface area contributed by atoms with Gasteiger partial charge in [0.05, 0.1) is 37.8 Å². The van der Waals surface area contributed by atoms with E-state index in [0.717, 1.165) is 125 Å². The number of hydrogen-bond donors (Lipinski definition) is 3. The molecular formula is C51H48N6O6. The minimum absolute atomic E-state index is 0.115. The molecule has 3 aromatic heterocycles. The van der Waals surface area contributed by atoms with Crippen LogP contribution in [0.4, 0.5) is 17.1 Å². The lowest BCUT2D eigenvalue weighted by molar-refractivity contribution is 0.122. The third-order valence-corrected chi connectivity index (χ3v) is 12.1. The van der Waals surface area contributed by atoms with Crippen LogP contribution < -0.4 is 36.1 Å². The number of nitrogens with two attached hydrogens (primary N) is 1. The average Bonchev–Trinajstić information content (AvgIpc) is 3.32. The Morgan fingerprint density at radius 1 is 0.587 bits per heavy atom. The Bertz CT molecular complexity index is 2900. The summed E-state index contributed by atoms with van der Waals surface area (Å²) in [5.41, 5.74) is 18.7. The molecule has 2 saturated heterocycles. The largest absolute Gasteiger partial charge is 0.456 e. The van der Waals surface area contributed by atoms with Crippen molar-refractivity contribution in [3.63, 3.8) is 0 Å². The van der Waals surface area contributed by atoms with Gasteiger partial charge in [0, 0.05) is 114 Å². The predicted molar refractivity (Wildman–Crippen MR) is 246 cm³/mol. The van der Waals surface area contributed by atoms with Crippen LogP contribution in [0, 0.1) is 0 Å². The predicted octanol–water partition coefficient (Wildman–Crippen LogP) is 7.91. The summed E-state index contributed by atoms with van der Waals surface area (Å²) in [6.07, 6.45) is 7.11. The Kier molecular flexibility index (Phi) is 11.2. The number of nitrogen functional groups attached to an aromatic ring is 1. The van der Waals surface area contributed by atoms with E-state index in [1.165, 1.54) is 16.7 Å². The van der Waals surface area contributed by atoms with Gasteiger partial charge in [0.2, 0.25) is 11.1 Å². The van der Waals surface area contributed by atoms with Gasteiger partial charge < -0.3 is 44.4 Å². The molecule has 318 valence electrons. The number of aromatic amines is 2. The number of aryl methyl sites for hydroxylation is 2. The summed E-state index contributed by atoms with van der Waals surface area (Å²) in [5.74, 6) is 3.25. The number of benzene rings is 4. The molecule has 4 N–H and O–H groups in total. The third kappa shape index (κ3) is 8.55. The average molecular weight is 841 g/mol. The van der Waals surface area contributed by atoms with E-state index in [1.807, 2.05) is 79.0 Å². The van der Waals surface area contributed by atoms with Gasteiger partial charge in [-0.3, -0.25) is 14.6 Å². The van der Waals surface area contributed by atoms with Crippen LogP contribution in [0.5, 0.6) is 23.0 Å². The number of nitrogens with zero attached hydrogens (tertiary/aromatic N) is 3. The van der Waals surface area contributed by atoms with Crippen molar-refractivity contribution in [3.8, 4) is 45.5 Å². The maximum Gasteiger partial charge on any atom is 0.250 e. The van der Waals surface area contributed by atoms with Crippen molar-refractivity contribution in [2.45, 2.75) is 25.7 Å². The van der Waals surface area contributed by atoms with Gasteiger partial charge in [0.1, 0.15) is 23.0 Å². The lowest BCUT2D eigenvalue weighted by atomic mass is 9.91. The maximum atomic E-state index is 12.6. The summed E-state index contributed by atoms with van der Waals surface area (Å²) in [7, 11) is 0. The lowest BCUT2D eigenvalue weighted by Crippen LogP contribution is -2.36. The molecule has 12 nitrogen and oxygen atoms in total. The number of nitrogens with one attached hydrogen (secondary N) is 2. The molecule has 0 amide bonds. The molecule has 4 aliphatic heterocycles. The van der Waals surface area contributed by atoms with Crippen LogP contribution >= 0.6 is 0 Å². The van der Waals surface area contributed by atoms with Gasteiger partial charge in [0.15, 0.2) is 0 Å². The molecule has 4 aliphatic rings.